The summed E-state index contributed by atoms with van der Waals surface area (Å²) in [6.07, 6.45) is 9.75. The maximum absolute atomic E-state index is 13.8. The molecule has 0 unspecified atom stereocenters. The van der Waals surface area contributed by atoms with Gasteiger partial charge in [0.25, 0.3) is 11.8 Å². The Morgan fingerprint density at radius 1 is 0.875 bits per heavy atom. The molecule has 0 spiro atoms. The SMILES string of the molecule is C=C/C(=C\C=C(/C)CN1CCc2ncc(NC(=O)c3ccc4c(c3)N=C(NC(=O)OC(C)(C)C)CC(C(=O)N(CCC)CCC)=C4)cc2C1)C(=O)NCCNC(=O)OCC1c2ccccc2-c2ccccc21. The van der Waals surface area contributed by atoms with E-state index in [1.54, 1.807) is 57.3 Å². The number of benzene rings is 3. The number of hydrogen-bond donors (Lipinski definition) is 4. The molecule has 5 amide bonds. The molecule has 0 bridgehead atoms. The van der Waals surface area contributed by atoms with Gasteiger partial charge in [0.15, 0.2) is 0 Å². The van der Waals surface area contributed by atoms with Crippen molar-refractivity contribution in [3.05, 3.63) is 154 Å². The van der Waals surface area contributed by atoms with Crippen LogP contribution in [-0.2, 0) is 32.0 Å². The quantitative estimate of drug-likeness (QED) is 0.0455. The molecule has 376 valence electrons. The lowest BCUT2D eigenvalue weighted by molar-refractivity contribution is -0.127. The van der Waals surface area contributed by atoms with Gasteiger partial charge in [-0.1, -0.05) is 92.7 Å². The lowest BCUT2D eigenvalue weighted by atomic mass is 9.98. The minimum atomic E-state index is -0.748. The minimum absolute atomic E-state index is 0.0412. The van der Waals surface area contributed by atoms with Gasteiger partial charge in [0.1, 0.15) is 18.0 Å². The Labute approximate surface area is 422 Å². The van der Waals surface area contributed by atoms with E-state index < -0.39 is 17.8 Å². The second-order valence-corrected chi connectivity index (χ2v) is 19.2. The monoisotopic (exact) mass is 975 g/mol. The number of hydrogen-bond acceptors (Lipinski definition) is 10. The van der Waals surface area contributed by atoms with Crippen molar-refractivity contribution in [3.63, 3.8) is 0 Å². The van der Waals surface area contributed by atoms with Crippen LogP contribution in [0.2, 0.25) is 0 Å². The van der Waals surface area contributed by atoms with Gasteiger partial charge in [-0.15, -0.1) is 0 Å². The Kier molecular flexibility index (Phi) is 17.4. The summed E-state index contributed by atoms with van der Waals surface area (Å²) in [6.45, 7) is 19.0. The van der Waals surface area contributed by atoms with Crippen molar-refractivity contribution >= 4 is 53.2 Å². The van der Waals surface area contributed by atoms with Crippen molar-refractivity contribution in [2.45, 2.75) is 85.3 Å². The van der Waals surface area contributed by atoms with E-state index in [0.29, 0.717) is 59.8 Å². The second kappa shape index (κ2) is 24.0. The second-order valence-electron chi connectivity index (χ2n) is 19.2. The number of alkyl carbamates (subject to hydrolysis) is 2. The fourth-order valence-corrected chi connectivity index (χ4v) is 9.05. The highest BCUT2D eigenvalue weighted by atomic mass is 16.6. The Morgan fingerprint density at radius 2 is 1.57 bits per heavy atom. The number of nitrogens with one attached hydrogen (secondary N) is 4. The Balaban J connectivity index is 0.918. The number of allylic oxidation sites excluding steroid dienone is 2. The van der Waals surface area contributed by atoms with Crippen molar-refractivity contribution < 1.29 is 33.4 Å². The van der Waals surface area contributed by atoms with Crippen LogP contribution in [0.4, 0.5) is 21.0 Å². The topological polar surface area (TPSA) is 184 Å². The lowest BCUT2D eigenvalue weighted by Gasteiger charge is -2.28. The number of pyridine rings is 1. The third kappa shape index (κ3) is 13.6. The number of nitrogens with zero attached hydrogens (tertiary/aromatic N) is 4. The summed E-state index contributed by atoms with van der Waals surface area (Å²) in [5.41, 5.74) is 9.62. The van der Waals surface area contributed by atoms with Crippen LogP contribution in [0.3, 0.4) is 0 Å². The molecule has 15 heteroatoms. The van der Waals surface area contributed by atoms with Gasteiger partial charge < -0.3 is 30.3 Å². The zero-order valence-electron chi connectivity index (χ0n) is 42.2. The average Bonchev–Trinajstić information content (AvgIpc) is 3.55. The molecule has 0 saturated heterocycles. The zero-order chi connectivity index (χ0) is 51.4. The van der Waals surface area contributed by atoms with Gasteiger partial charge >= 0.3 is 12.2 Å². The maximum atomic E-state index is 13.8. The summed E-state index contributed by atoms with van der Waals surface area (Å²) in [4.78, 5) is 79.7. The lowest BCUT2D eigenvalue weighted by Crippen LogP contribution is -2.38. The van der Waals surface area contributed by atoms with Crippen molar-refractivity contribution in [2.24, 2.45) is 4.99 Å². The largest absolute Gasteiger partial charge is 0.449 e. The molecule has 7 rings (SSSR count). The number of amides is 5. The van der Waals surface area contributed by atoms with Crippen LogP contribution in [-0.4, -0.2) is 102 Å². The van der Waals surface area contributed by atoms with Gasteiger partial charge in [0, 0.05) is 92.5 Å². The number of aliphatic imine (C=N–C) groups is 1. The van der Waals surface area contributed by atoms with E-state index in [1.165, 1.54) is 6.08 Å². The summed E-state index contributed by atoms with van der Waals surface area (Å²) in [5.74, 6) is -0.620. The molecule has 3 aliphatic rings. The van der Waals surface area contributed by atoms with E-state index in [0.717, 1.165) is 64.9 Å². The highest BCUT2D eigenvalue weighted by molar-refractivity contribution is 6.10. The van der Waals surface area contributed by atoms with Gasteiger partial charge in [-0.05, 0) is 98.7 Å². The van der Waals surface area contributed by atoms with E-state index >= 15 is 0 Å². The number of anilines is 1. The van der Waals surface area contributed by atoms with Crippen molar-refractivity contribution in [3.8, 4) is 11.1 Å². The first kappa shape index (κ1) is 52.2. The molecular weight excluding hydrogens is 909 g/mol. The molecular formula is C57H66N8O7. The first-order chi connectivity index (χ1) is 34.6. The Hall–Kier alpha value is -7.65. The summed E-state index contributed by atoms with van der Waals surface area (Å²) >= 11 is 0. The molecule has 4 aromatic rings. The molecule has 3 aromatic carbocycles. The maximum Gasteiger partial charge on any atom is 0.413 e. The van der Waals surface area contributed by atoms with Crippen molar-refractivity contribution in [1.29, 1.82) is 0 Å². The molecule has 0 atom stereocenters. The molecule has 2 aliphatic heterocycles. The summed E-state index contributed by atoms with van der Waals surface area (Å²) in [5, 5.41) is 11.3. The number of carbonyl (C=O) groups excluding carboxylic acids is 5. The van der Waals surface area contributed by atoms with Gasteiger partial charge in [0.2, 0.25) is 5.91 Å². The molecule has 3 heterocycles. The van der Waals surface area contributed by atoms with Gasteiger partial charge in [-0.25, -0.2) is 14.6 Å². The van der Waals surface area contributed by atoms with Crippen LogP contribution < -0.4 is 21.3 Å². The fourth-order valence-electron chi connectivity index (χ4n) is 9.05. The van der Waals surface area contributed by atoms with Crippen LogP contribution in [0, 0.1) is 0 Å². The molecule has 15 nitrogen and oxygen atoms in total. The van der Waals surface area contributed by atoms with E-state index in [1.807, 2.05) is 62.1 Å². The number of carbonyl (C=O) groups is 5. The predicted octanol–water partition coefficient (Wildman–Crippen LogP) is 9.40. The van der Waals surface area contributed by atoms with Gasteiger partial charge in [-0.2, -0.15) is 0 Å². The van der Waals surface area contributed by atoms with Crippen LogP contribution in [0.1, 0.15) is 105 Å². The van der Waals surface area contributed by atoms with E-state index in [9.17, 15) is 24.0 Å². The van der Waals surface area contributed by atoms with Crippen molar-refractivity contribution in [1.82, 2.24) is 30.7 Å². The molecule has 0 radical (unpaired) electrons. The predicted molar refractivity (Wildman–Crippen MR) is 282 cm³/mol. The summed E-state index contributed by atoms with van der Waals surface area (Å²) < 4.78 is 11.1. The number of fused-ring (bicyclic) bond motifs is 5. The Morgan fingerprint density at radius 3 is 2.25 bits per heavy atom. The molecule has 1 aromatic heterocycles. The van der Waals surface area contributed by atoms with E-state index in [2.05, 4.69) is 57.0 Å². The van der Waals surface area contributed by atoms with E-state index in [-0.39, 0.29) is 55.6 Å². The smallest absolute Gasteiger partial charge is 0.413 e. The number of aromatic nitrogens is 1. The van der Waals surface area contributed by atoms with Crippen LogP contribution in [0.25, 0.3) is 17.2 Å². The van der Waals surface area contributed by atoms with E-state index in [4.69, 9.17) is 19.5 Å². The molecule has 1 aliphatic carbocycles. The highest BCUT2D eigenvalue weighted by Gasteiger charge is 2.30. The Bertz CT molecular complexity index is 2790. The molecule has 0 fully saturated rings. The normalized spacial score (nSPS) is 14.5. The fraction of sp³-hybridized carbons (Fsp3) is 0.351. The first-order valence-corrected chi connectivity index (χ1v) is 24.7. The van der Waals surface area contributed by atoms with Crippen LogP contribution in [0.5, 0.6) is 0 Å². The number of rotatable bonds is 17. The number of ether oxygens (including phenoxy) is 2. The minimum Gasteiger partial charge on any atom is -0.449 e. The molecule has 4 N–H and O–H groups in total. The molecule has 0 saturated carbocycles. The average molecular weight is 975 g/mol. The van der Waals surface area contributed by atoms with Crippen LogP contribution >= 0.6 is 0 Å². The third-order valence-corrected chi connectivity index (χ3v) is 12.3. The molecule has 72 heavy (non-hydrogen) atoms. The van der Waals surface area contributed by atoms with Crippen LogP contribution in [0.15, 0.2) is 126 Å². The van der Waals surface area contributed by atoms with Crippen molar-refractivity contribution in [2.75, 3.05) is 51.2 Å². The standard InChI is InChI=1S/C57H66N8O7/c1-8-26-65(27-9-2)54(68)41-29-39-21-22-40(31-50(39)62-51(32-41)63-56(70)72-57(5,6)7)53(67)61-43-30-42-35-64(28-23-49(42)60-33-43)34-37(4)19-20-38(10-3)52(66)58-24-25-59-55(69)71-36-48-46-17-13-11-15-44(46)45-16-12-14-18-47(45)48/h10-22,29-31,33,48H,3,8-9,23-28,32,34-36H2,1-2,4-7H3,(H,58,66)(H,59,69)(H,61,67)(H,62,63,70)/b37-19+,38-20+. The number of amidine groups is 1. The van der Waals surface area contributed by atoms with Gasteiger partial charge in [-0.3, -0.25) is 29.6 Å². The summed E-state index contributed by atoms with van der Waals surface area (Å²) in [6, 6.07) is 23.4. The van der Waals surface area contributed by atoms with Gasteiger partial charge in [0.05, 0.1) is 17.6 Å². The first-order valence-electron chi connectivity index (χ1n) is 24.7. The zero-order valence-corrected chi connectivity index (χ0v) is 42.2. The highest BCUT2D eigenvalue weighted by Crippen LogP contribution is 2.44. The third-order valence-electron chi connectivity index (χ3n) is 12.3. The summed E-state index contributed by atoms with van der Waals surface area (Å²) in [7, 11) is 0.